The summed E-state index contributed by atoms with van der Waals surface area (Å²) in [6, 6.07) is 3.22. The lowest BCUT2D eigenvalue weighted by molar-refractivity contribution is 0.253. The molecule has 0 aromatic heterocycles. The number of ether oxygens (including phenoxy) is 1. The van der Waals surface area contributed by atoms with Gasteiger partial charge in [0, 0.05) is 29.4 Å². The van der Waals surface area contributed by atoms with Gasteiger partial charge in [-0.15, -0.1) is 0 Å². The van der Waals surface area contributed by atoms with E-state index in [4.69, 9.17) is 4.74 Å². The maximum absolute atomic E-state index is 12.9. The van der Waals surface area contributed by atoms with Crippen LogP contribution in [0.3, 0.4) is 0 Å². The fraction of sp³-hybridized carbons (Fsp3) is 0.500. The fourth-order valence-electron chi connectivity index (χ4n) is 1.44. The molecule has 90 valence electrons. The molecule has 0 aliphatic rings. The Balaban J connectivity index is 2.52. The number of alkyl halides is 1. The highest BCUT2D eigenvalue weighted by Gasteiger charge is 2.08. The minimum Gasteiger partial charge on any atom is -0.493 e. The molecule has 4 heteroatoms. The topological polar surface area (TPSA) is 9.23 Å². The lowest BCUT2D eigenvalue weighted by atomic mass is 10.1. The van der Waals surface area contributed by atoms with E-state index in [1.165, 1.54) is 12.1 Å². The van der Waals surface area contributed by atoms with E-state index in [1.807, 2.05) is 0 Å². The van der Waals surface area contributed by atoms with Crippen LogP contribution in [0.5, 0.6) is 5.75 Å². The van der Waals surface area contributed by atoms with E-state index in [2.05, 4.69) is 22.9 Å². The zero-order valence-corrected chi connectivity index (χ0v) is 10.8. The Bertz CT molecular complexity index is 311. The number of hydrogen-bond donors (Lipinski definition) is 0. The predicted molar refractivity (Wildman–Crippen MR) is 64.0 cm³/mol. The third-order valence-corrected chi connectivity index (χ3v) is 3.15. The van der Waals surface area contributed by atoms with Gasteiger partial charge in [0.25, 0.3) is 0 Å². The molecule has 0 saturated carbocycles. The molecule has 1 aromatic rings. The maximum Gasteiger partial charge on any atom is 0.129 e. The van der Waals surface area contributed by atoms with Gasteiger partial charge in [-0.05, 0) is 6.42 Å². The smallest absolute Gasteiger partial charge is 0.129 e. The molecule has 0 heterocycles. The Labute approximate surface area is 103 Å². The van der Waals surface area contributed by atoms with Crippen molar-refractivity contribution in [2.75, 3.05) is 11.9 Å². The second-order valence-electron chi connectivity index (χ2n) is 3.73. The van der Waals surface area contributed by atoms with Crippen LogP contribution >= 0.6 is 15.9 Å². The van der Waals surface area contributed by atoms with Crippen LogP contribution in [-0.4, -0.2) is 11.9 Å². The highest BCUT2D eigenvalue weighted by atomic mass is 79.9. The molecule has 16 heavy (non-hydrogen) atoms. The van der Waals surface area contributed by atoms with Crippen LogP contribution in [0.25, 0.3) is 0 Å². The summed E-state index contributed by atoms with van der Waals surface area (Å²) < 4.78 is 31.1. The molecule has 0 aliphatic heterocycles. The van der Waals surface area contributed by atoms with E-state index in [9.17, 15) is 8.78 Å². The van der Waals surface area contributed by atoms with E-state index in [-0.39, 0.29) is 5.75 Å². The van der Waals surface area contributed by atoms with Gasteiger partial charge in [0.2, 0.25) is 0 Å². The summed E-state index contributed by atoms with van der Waals surface area (Å²) in [7, 11) is 0. The molecule has 0 spiro atoms. The molecule has 1 atom stereocenters. The van der Waals surface area contributed by atoms with Crippen LogP contribution in [0.15, 0.2) is 18.2 Å². The van der Waals surface area contributed by atoms with Crippen molar-refractivity contribution < 1.29 is 13.5 Å². The van der Waals surface area contributed by atoms with E-state index >= 15 is 0 Å². The van der Waals surface area contributed by atoms with Crippen LogP contribution < -0.4 is 4.74 Å². The third-order valence-electron chi connectivity index (χ3n) is 2.24. The number of hydrogen-bond acceptors (Lipinski definition) is 1. The third kappa shape index (κ3) is 4.47. The normalized spacial score (nSPS) is 12.5. The second kappa shape index (κ2) is 6.84. The summed E-state index contributed by atoms with van der Waals surface area (Å²) in [4.78, 5) is 0. The molecule has 1 unspecified atom stereocenters. The summed E-state index contributed by atoms with van der Waals surface area (Å²) in [6.07, 6.45) is 2.10. The SMILES string of the molecule is CCCC(CBr)COc1cc(F)cc(F)c1. The first-order valence-electron chi connectivity index (χ1n) is 5.30. The van der Waals surface area contributed by atoms with E-state index < -0.39 is 11.6 Å². The van der Waals surface area contributed by atoms with Gasteiger partial charge >= 0.3 is 0 Å². The molecule has 0 aliphatic carbocycles. The van der Waals surface area contributed by atoms with E-state index in [1.54, 1.807) is 0 Å². The monoisotopic (exact) mass is 292 g/mol. The van der Waals surface area contributed by atoms with Crippen LogP contribution in [0.1, 0.15) is 19.8 Å². The highest BCUT2D eigenvalue weighted by molar-refractivity contribution is 9.09. The zero-order valence-electron chi connectivity index (χ0n) is 9.18. The van der Waals surface area contributed by atoms with Crippen molar-refractivity contribution >= 4 is 15.9 Å². The Kier molecular flexibility index (Phi) is 5.74. The van der Waals surface area contributed by atoms with Crippen molar-refractivity contribution in [2.24, 2.45) is 5.92 Å². The summed E-state index contributed by atoms with van der Waals surface area (Å²) >= 11 is 3.39. The lowest BCUT2D eigenvalue weighted by Gasteiger charge is -2.14. The predicted octanol–water partition coefficient (Wildman–Crippen LogP) is 4.15. The average Bonchev–Trinajstić information content (AvgIpc) is 2.23. The van der Waals surface area contributed by atoms with Crippen molar-refractivity contribution in [1.82, 2.24) is 0 Å². The molecule has 1 nitrogen and oxygen atoms in total. The summed E-state index contributed by atoms with van der Waals surface area (Å²) in [5, 5.41) is 0.832. The Hall–Kier alpha value is -0.640. The molecular weight excluding hydrogens is 278 g/mol. The second-order valence-corrected chi connectivity index (χ2v) is 4.37. The molecular formula is C12H15BrF2O. The average molecular weight is 293 g/mol. The van der Waals surface area contributed by atoms with Gasteiger partial charge < -0.3 is 4.74 Å². The van der Waals surface area contributed by atoms with E-state index in [0.29, 0.717) is 12.5 Å². The minimum absolute atomic E-state index is 0.250. The van der Waals surface area contributed by atoms with Gasteiger partial charge in [0.1, 0.15) is 17.4 Å². The van der Waals surface area contributed by atoms with Gasteiger partial charge in [-0.1, -0.05) is 29.3 Å². The largest absolute Gasteiger partial charge is 0.493 e. The van der Waals surface area contributed by atoms with Gasteiger partial charge in [-0.2, -0.15) is 0 Å². The van der Waals surface area contributed by atoms with Crippen molar-refractivity contribution in [3.8, 4) is 5.75 Å². The summed E-state index contributed by atoms with van der Waals surface area (Å²) in [5.74, 6) is -0.599. The fourth-order valence-corrected chi connectivity index (χ4v) is 1.95. The standard InChI is InChI=1S/C12H15BrF2O/c1-2-3-9(7-13)8-16-12-5-10(14)4-11(15)6-12/h4-6,9H,2-3,7-8H2,1H3. The molecule has 0 N–H and O–H groups in total. The molecule has 1 rings (SSSR count). The molecule has 0 bridgehead atoms. The van der Waals surface area contributed by atoms with Gasteiger partial charge in [0.15, 0.2) is 0 Å². The van der Waals surface area contributed by atoms with Crippen molar-refractivity contribution in [2.45, 2.75) is 19.8 Å². The van der Waals surface area contributed by atoms with Crippen molar-refractivity contribution in [3.63, 3.8) is 0 Å². The van der Waals surface area contributed by atoms with Crippen LogP contribution in [0, 0.1) is 17.6 Å². The van der Waals surface area contributed by atoms with Gasteiger partial charge in [0.05, 0.1) is 6.61 Å². The quantitative estimate of drug-likeness (QED) is 0.716. The van der Waals surface area contributed by atoms with Crippen LogP contribution in [0.4, 0.5) is 8.78 Å². The molecule has 0 fully saturated rings. The van der Waals surface area contributed by atoms with Crippen molar-refractivity contribution in [3.05, 3.63) is 29.8 Å². The number of rotatable bonds is 6. The van der Waals surface area contributed by atoms with E-state index in [0.717, 1.165) is 24.2 Å². The minimum atomic E-state index is -0.610. The van der Waals surface area contributed by atoms with Crippen molar-refractivity contribution in [1.29, 1.82) is 0 Å². The zero-order chi connectivity index (χ0) is 12.0. The van der Waals surface area contributed by atoms with Crippen LogP contribution in [-0.2, 0) is 0 Å². The Morgan fingerprint density at radius 1 is 1.25 bits per heavy atom. The summed E-state index contributed by atoms with van der Waals surface area (Å²) in [5.41, 5.74) is 0. The highest BCUT2D eigenvalue weighted by Crippen LogP contribution is 2.18. The number of halogens is 3. The van der Waals surface area contributed by atoms with Crippen LogP contribution in [0.2, 0.25) is 0 Å². The first-order valence-corrected chi connectivity index (χ1v) is 6.42. The summed E-state index contributed by atoms with van der Waals surface area (Å²) in [6.45, 7) is 2.57. The first-order chi connectivity index (χ1) is 7.65. The van der Waals surface area contributed by atoms with Gasteiger partial charge in [-0.25, -0.2) is 8.78 Å². The number of benzene rings is 1. The first kappa shape index (κ1) is 13.4. The Morgan fingerprint density at radius 2 is 1.88 bits per heavy atom. The Morgan fingerprint density at radius 3 is 2.38 bits per heavy atom. The molecule has 0 radical (unpaired) electrons. The lowest BCUT2D eigenvalue weighted by Crippen LogP contribution is -2.13. The van der Waals surface area contributed by atoms with Gasteiger partial charge in [-0.3, -0.25) is 0 Å². The molecule has 1 aromatic carbocycles. The maximum atomic E-state index is 12.9. The molecule has 0 saturated heterocycles. The molecule has 0 amide bonds.